The van der Waals surface area contributed by atoms with Crippen molar-refractivity contribution in [3.8, 4) is 0 Å². The minimum Gasteiger partial charge on any atom is -0.269 e. The Morgan fingerprint density at radius 1 is 1.50 bits per heavy atom. The number of allylic oxidation sites excluding steroid dienone is 1. The number of hydrogen-bond acceptors (Lipinski definition) is 1. The van der Waals surface area contributed by atoms with Gasteiger partial charge in [0, 0.05) is 0 Å². The predicted octanol–water partition coefficient (Wildman–Crippen LogP) is 1.09. The molecule has 0 radical (unpaired) electrons. The van der Waals surface area contributed by atoms with Crippen molar-refractivity contribution in [1.29, 1.82) is 0 Å². The van der Waals surface area contributed by atoms with Crippen LogP contribution >= 0.6 is 0 Å². The standard InChI is InChI=1S/C5H2F3NO/c6-2-1-3(7)5(10)9-4(2)8/h1,3H. The summed E-state index contributed by atoms with van der Waals surface area (Å²) < 4.78 is 35.9. The van der Waals surface area contributed by atoms with E-state index in [0.717, 1.165) is 0 Å². The van der Waals surface area contributed by atoms with Gasteiger partial charge in [0.25, 0.3) is 11.9 Å². The molecule has 0 spiro atoms. The molecular formula is C5H2F3NO. The zero-order valence-corrected chi connectivity index (χ0v) is 4.64. The second kappa shape index (κ2) is 2.24. The Kier molecular flexibility index (Phi) is 1.57. The van der Waals surface area contributed by atoms with Crippen LogP contribution in [-0.2, 0) is 4.79 Å². The fourth-order valence-corrected chi connectivity index (χ4v) is 0.480. The van der Waals surface area contributed by atoms with Crippen molar-refractivity contribution in [3.05, 3.63) is 11.9 Å². The van der Waals surface area contributed by atoms with Gasteiger partial charge in [-0.2, -0.15) is 9.38 Å². The van der Waals surface area contributed by atoms with Crippen molar-refractivity contribution < 1.29 is 18.0 Å². The summed E-state index contributed by atoms with van der Waals surface area (Å²) in [4.78, 5) is 12.6. The molecule has 1 amide bonds. The quantitative estimate of drug-likeness (QED) is 0.506. The van der Waals surface area contributed by atoms with Crippen LogP contribution in [0.15, 0.2) is 16.9 Å². The number of rotatable bonds is 0. The normalized spacial score (nSPS) is 25.9. The van der Waals surface area contributed by atoms with Gasteiger partial charge in [-0.1, -0.05) is 0 Å². The zero-order chi connectivity index (χ0) is 7.72. The van der Waals surface area contributed by atoms with Crippen molar-refractivity contribution in [3.63, 3.8) is 0 Å². The zero-order valence-electron chi connectivity index (χ0n) is 4.64. The van der Waals surface area contributed by atoms with Crippen LogP contribution in [0.25, 0.3) is 0 Å². The van der Waals surface area contributed by atoms with E-state index in [1.165, 1.54) is 0 Å². The van der Waals surface area contributed by atoms with E-state index >= 15 is 0 Å². The van der Waals surface area contributed by atoms with Crippen LogP contribution in [0.5, 0.6) is 0 Å². The lowest BCUT2D eigenvalue weighted by molar-refractivity contribution is -0.121. The van der Waals surface area contributed by atoms with Crippen LogP contribution in [0.1, 0.15) is 0 Å². The first-order valence-corrected chi connectivity index (χ1v) is 2.41. The fraction of sp³-hybridized carbons (Fsp3) is 0.200. The van der Waals surface area contributed by atoms with E-state index in [0.29, 0.717) is 0 Å². The Morgan fingerprint density at radius 2 is 2.10 bits per heavy atom. The molecule has 5 heteroatoms. The molecule has 54 valence electrons. The van der Waals surface area contributed by atoms with Crippen molar-refractivity contribution >= 4 is 11.9 Å². The molecule has 0 bridgehead atoms. The molecule has 1 unspecified atom stereocenters. The lowest BCUT2D eigenvalue weighted by Gasteiger charge is -2.02. The Hall–Kier alpha value is -1.13. The number of dihydropyridines is 1. The lowest BCUT2D eigenvalue weighted by Crippen LogP contribution is -2.17. The number of halogens is 3. The van der Waals surface area contributed by atoms with Crippen LogP contribution in [0.4, 0.5) is 13.2 Å². The van der Waals surface area contributed by atoms with E-state index in [1.807, 2.05) is 0 Å². The van der Waals surface area contributed by atoms with Crippen molar-refractivity contribution in [2.24, 2.45) is 4.99 Å². The highest BCUT2D eigenvalue weighted by molar-refractivity contribution is 6.04. The van der Waals surface area contributed by atoms with E-state index in [-0.39, 0.29) is 6.08 Å². The molecule has 1 aliphatic rings. The summed E-state index contributed by atoms with van der Waals surface area (Å²) in [5.74, 6) is -4.29. The maximum Gasteiger partial charge on any atom is 0.287 e. The molecule has 1 atom stereocenters. The van der Waals surface area contributed by atoms with E-state index < -0.39 is 23.9 Å². The van der Waals surface area contributed by atoms with E-state index in [2.05, 4.69) is 4.99 Å². The minimum atomic E-state index is -2.14. The Bertz CT molecular complexity index is 233. The number of nitrogens with zero attached hydrogens (tertiary/aromatic N) is 1. The predicted molar refractivity (Wildman–Crippen MR) is 27.6 cm³/mol. The number of aliphatic imine (C=N–C) groups is 1. The summed E-state index contributed by atoms with van der Waals surface area (Å²) >= 11 is 0. The largest absolute Gasteiger partial charge is 0.287 e. The molecule has 2 nitrogen and oxygen atoms in total. The van der Waals surface area contributed by atoms with Crippen LogP contribution in [0, 0.1) is 0 Å². The number of alkyl halides is 1. The van der Waals surface area contributed by atoms with E-state index in [9.17, 15) is 18.0 Å². The molecule has 0 N–H and O–H groups in total. The first-order chi connectivity index (χ1) is 4.61. The molecule has 0 saturated heterocycles. The molecule has 1 heterocycles. The van der Waals surface area contributed by atoms with Gasteiger partial charge in [-0.3, -0.25) is 4.79 Å². The fourth-order valence-electron chi connectivity index (χ4n) is 0.480. The second-order valence-corrected chi connectivity index (χ2v) is 1.66. The smallest absolute Gasteiger partial charge is 0.269 e. The first-order valence-electron chi connectivity index (χ1n) is 2.41. The van der Waals surface area contributed by atoms with Gasteiger partial charge in [-0.25, -0.2) is 8.78 Å². The van der Waals surface area contributed by atoms with Crippen molar-refractivity contribution in [2.75, 3.05) is 0 Å². The third-order valence-electron chi connectivity index (χ3n) is 0.934. The summed E-state index contributed by atoms with van der Waals surface area (Å²) in [5, 5.41) is 0. The molecule has 0 fully saturated rings. The Labute approximate surface area is 54.1 Å². The maximum atomic E-state index is 12.1. The molecular weight excluding hydrogens is 147 g/mol. The third kappa shape index (κ3) is 1.07. The summed E-state index contributed by atoms with van der Waals surface area (Å²) in [7, 11) is 0. The molecule has 0 aliphatic carbocycles. The number of amides is 1. The topological polar surface area (TPSA) is 29.4 Å². The monoisotopic (exact) mass is 149 g/mol. The number of carbonyl (C=O) groups is 1. The molecule has 10 heavy (non-hydrogen) atoms. The van der Waals surface area contributed by atoms with Gasteiger partial charge in [0.05, 0.1) is 0 Å². The summed E-state index contributed by atoms with van der Waals surface area (Å²) in [6.45, 7) is 0. The van der Waals surface area contributed by atoms with Crippen LogP contribution < -0.4 is 0 Å². The lowest BCUT2D eigenvalue weighted by atomic mass is 10.3. The highest BCUT2D eigenvalue weighted by Crippen LogP contribution is 2.12. The number of hydrogen-bond donors (Lipinski definition) is 0. The van der Waals surface area contributed by atoms with Crippen LogP contribution in [-0.4, -0.2) is 18.0 Å². The SMILES string of the molecule is O=C1N=C(F)C(F)=CC1F. The van der Waals surface area contributed by atoms with Gasteiger partial charge >= 0.3 is 0 Å². The second-order valence-electron chi connectivity index (χ2n) is 1.66. The van der Waals surface area contributed by atoms with Gasteiger partial charge in [0.1, 0.15) is 0 Å². The molecule has 0 saturated carbocycles. The number of carbonyl (C=O) groups excluding carboxylic acids is 1. The van der Waals surface area contributed by atoms with Crippen LogP contribution in [0.2, 0.25) is 0 Å². The van der Waals surface area contributed by atoms with Gasteiger partial charge in [0.15, 0.2) is 5.83 Å². The Morgan fingerprint density at radius 3 is 2.60 bits per heavy atom. The van der Waals surface area contributed by atoms with E-state index in [4.69, 9.17) is 0 Å². The molecule has 0 aromatic carbocycles. The summed E-state index contributed by atoms with van der Waals surface area (Å²) in [6.07, 6.45) is -1.90. The maximum absolute atomic E-state index is 12.1. The average molecular weight is 149 g/mol. The van der Waals surface area contributed by atoms with Gasteiger partial charge in [-0.05, 0) is 6.08 Å². The molecule has 1 rings (SSSR count). The minimum absolute atomic E-state index is 0.241. The third-order valence-corrected chi connectivity index (χ3v) is 0.934. The average Bonchev–Trinajstić information content (AvgIpc) is 1.84. The molecule has 0 aromatic rings. The molecule has 1 aliphatic heterocycles. The summed E-state index contributed by atoms with van der Waals surface area (Å²) in [6, 6.07) is 0. The first kappa shape index (κ1) is 6.98. The summed E-state index contributed by atoms with van der Waals surface area (Å²) in [5.41, 5.74) is 0. The highest BCUT2D eigenvalue weighted by atomic mass is 19.2. The highest BCUT2D eigenvalue weighted by Gasteiger charge is 2.23. The van der Waals surface area contributed by atoms with Crippen molar-refractivity contribution in [1.82, 2.24) is 0 Å². The van der Waals surface area contributed by atoms with Gasteiger partial charge < -0.3 is 0 Å². The van der Waals surface area contributed by atoms with Gasteiger partial charge in [-0.15, -0.1) is 0 Å². The van der Waals surface area contributed by atoms with Crippen molar-refractivity contribution in [2.45, 2.75) is 6.17 Å². The van der Waals surface area contributed by atoms with Crippen LogP contribution in [0.3, 0.4) is 0 Å². The van der Waals surface area contributed by atoms with E-state index in [1.54, 1.807) is 0 Å². The Balaban J connectivity index is 2.94. The molecule has 0 aromatic heterocycles. The van der Waals surface area contributed by atoms with Gasteiger partial charge in [0.2, 0.25) is 6.17 Å².